The van der Waals surface area contributed by atoms with E-state index >= 15 is 0 Å². The lowest BCUT2D eigenvalue weighted by Crippen LogP contribution is -2.28. The minimum absolute atomic E-state index is 0.0875. The molecule has 1 aromatic carbocycles. The third kappa shape index (κ3) is 3.88. The summed E-state index contributed by atoms with van der Waals surface area (Å²) in [7, 11) is 0. The Kier molecular flexibility index (Phi) is 5.05. The lowest BCUT2D eigenvalue weighted by Gasteiger charge is -2.11. The van der Waals surface area contributed by atoms with Crippen molar-refractivity contribution in [3.05, 3.63) is 48.0 Å². The van der Waals surface area contributed by atoms with Crippen LogP contribution in [0, 0.1) is 11.7 Å². The van der Waals surface area contributed by atoms with Crippen LogP contribution in [-0.2, 0) is 0 Å². The zero-order chi connectivity index (χ0) is 15.2. The number of benzene rings is 1. The molecule has 1 atom stereocenters. The minimum atomic E-state index is -0.505. The Morgan fingerprint density at radius 3 is 2.95 bits per heavy atom. The summed E-state index contributed by atoms with van der Waals surface area (Å²) in [5, 5.41) is 15.5. The number of rotatable bonds is 6. The number of aliphatic hydroxyl groups is 1. The van der Waals surface area contributed by atoms with Gasteiger partial charge in [0.25, 0.3) is 5.91 Å². The van der Waals surface area contributed by atoms with Gasteiger partial charge in [-0.2, -0.15) is 5.10 Å². The van der Waals surface area contributed by atoms with E-state index in [1.807, 2.05) is 6.92 Å². The third-order valence-electron chi connectivity index (χ3n) is 3.19. The van der Waals surface area contributed by atoms with Crippen LogP contribution in [0.2, 0.25) is 0 Å². The summed E-state index contributed by atoms with van der Waals surface area (Å²) in [6, 6.07) is 5.98. The molecule has 6 heteroatoms. The maximum atomic E-state index is 14.0. The second-order valence-electron chi connectivity index (χ2n) is 4.94. The highest BCUT2D eigenvalue weighted by Gasteiger charge is 2.12. The molecule has 2 aromatic rings. The summed E-state index contributed by atoms with van der Waals surface area (Å²) in [4.78, 5) is 11.9. The molecule has 1 aromatic heterocycles. The number of aliphatic hydroxyl groups excluding tert-OH is 1. The zero-order valence-electron chi connectivity index (χ0n) is 11.8. The largest absolute Gasteiger partial charge is 0.396 e. The summed E-state index contributed by atoms with van der Waals surface area (Å²) in [6.45, 7) is 2.46. The Balaban J connectivity index is 2.04. The first-order valence-electron chi connectivity index (χ1n) is 6.80. The molecule has 1 unspecified atom stereocenters. The average Bonchev–Trinajstić information content (AvgIpc) is 2.99. The van der Waals surface area contributed by atoms with Crippen LogP contribution in [0.25, 0.3) is 5.69 Å². The molecule has 1 heterocycles. The predicted octanol–water partition coefficient (Wildman–Crippen LogP) is 1.76. The van der Waals surface area contributed by atoms with E-state index in [2.05, 4.69) is 10.4 Å². The molecule has 2 N–H and O–H groups in total. The normalized spacial score (nSPS) is 12.1. The smallest absolute Gasteiger partial charge is 0.251 e. The van der Waals surface area contributed by atoms with Gasteiger partial charge in [0.15, 0.2) is 0 Å². The molecule has 0 fully saturated rings. The van der Waals surface area contributed by atoms with E-state index in [0.29, 0.717) is 18.7 Å². The molecular weight excluding hydrogens is 273 g/mol. The molecule has 2 rings (SSSR count). The first kappa shape index (κ1) is 15.2. The second kappa shape index (κ2) is 6.99. The van der Waals surface area contributed by atoms with Crippen molar-refractivity contribution in [2.45, 2.75) is 13.3 Å². The van der Waals surface area contributed by atoms with Crippen LogP contribution < -0.4 is 5.32 Å². The van der Waals surface area contributed by atoms with Crippen LogP contribution in [0.5, 0.6) is 0 Å². The predicted molar refractivity (Wildman–Crippen MR) is 76.7 cm³/mol. The van der Waals surface area contributed by atoms with E-state index in [1.54, 1.807) is 24.5 Å². The number of carbonyl (C=O) groups is 1. The summed E-state index contributed by atoms with van der Waals surface area (Å²) in [5.74, 6) is -0.660. The quantitative estimate of drug-likeness (QED) is 0.852. The van der Waals surface area contributed by atoms with Crippen LogP contribution in [-0.4, -0.2) is 33.9 Å². The summed E-state index contributed by atoms with van der Waals surface area (Å²) >= 11 is 0. The highest BCUT2D eigenvalue weighted by atomic mass is 19.1. The van der Waals surface area contributed by atoms with Crippen molar-refractivity contribution in [2.24, 2.45) is 5.92 Å². The monoisotopic (exact) mass is 291 g/mol. The fraction of sp³-hybridized carbons (Fsp3) is 0.333. The molecule has 0 aliphatic rings. The SMILES string of the molecule is CC(CCO)CNC(=O)c1ccc(-n2cccn2)c(F)c1. The number of nitrogens with zero attached hydrogens (tertiary/aromatic N) is 2. The Labute approximate surface area is 122 Å². The van der Waals surface area contributed by atoms with E-state index in [9.17, 15) is 9.18 Å². The maximum Gasteiger partial charge on any atom is 0.251 e. The number of hydrogen-bond acceptors (Lipinski definition) is 3. The van der Waals surface area contributed by atoms with Gasteiger partial charge in [0, 0.05) is 31.1 Å². The van der Waals surface area contributed by atoms with E-state index in [-0.39, 0.29) is 24.0 Å². The molecule has 5 nitrogen and oxygen atoms in total. The molecule has 112 valence electrons. The molecule has 0 aliphatic carbocycles. The maximum absolute atomic E-state index is 14.0. The van der Waals surface area contributed by atoms with Gasteiger partial charge in [0.2, 0.25) is 0 Å². The highest BCUT2D eigenvalue weighted by molar-refractivity contribution is 5.94. The number of carbonyl (C=O) groups excluding carboxylic acids is 1. The average molecular weight is 291 g/mol. The third-order valence-corrected chi connectivity index (χ3v) is 3.19. The second-order valence-corrected chi connectivity index (χ2v) is 4.94. The fourth-order valence-electron chi connectivity index (χ4n) is 1.94. The van der Waals surface area contributed by atoms with E-state index in [4.69, 9.17) is 5.11 Å². The number of aromatic nitrogens is 2. The lowest BCUT2D eigenvalue weighted by atomic mass is 10.1. The highest BCUT2D eigenvalue weighted by Crippen LogP contribution is 2.14. The summed E-state index contributed by atoms with van der Waals surface area (Å²) < 4.78 is 15.4. The zero-order valence-corrected chi connectivity index (χ0v) is 11.8. The molecule has 0 radical (unpaired) electrons. The van der Waals surface area contributed by atoms with Gasteiger partial charge < -0.3 is 10.4 Å². The summed E-state index contributed by atoms with van der Waals surface area (Å²) in [6.07, 6.45) is 3.81. The molecular formula is C15H18FN3O2. The van der Waals surface area contributed by atoms with Gasteiger partial charge in [-0.3, -0.25) is 4.79 Å². The number of nitrogens with one attached hydrogen (secondary N) is 1. The van der Waals surface area contributed by atoms with E-state index < -0.39 is 5.82 Å². The van der Waals surface area contributed by atoms with Gasteiger partial charge in [0.1, 0.15) is 11.5 Å². The van der Waals surface area contributed by atoms with Crippen LogP contribution in [0.1, 0.15) is 23.7 Å². The van der Waals surface area contributed by atoms with Crippen molar-refractivity contribution in [3.63, 3.8) is 0 Å². The molecule has 0 aliphatic heterocycles. The van der Waals surface area contributed by atoms with Crippen LogP contribution in [0.3, 0.4) is 0 Å². The molecule has 0 saturated carbocycles. The first-order valence-corrected chi connectivity index (χ1v) is 6.80. The van der Waals surface area contributed by atoms with Crippen LogP contribution in [0.4, 0.5) is 4.39 Å². The van der Waals surface area contributed by atoms with Crippen molar-refractivity contribution in [1.82, 2.24) is 15.1 Å². The van der Waals surface area contributed by atoms with Gasteiger partial charge in [-0.1, -0.05) is 6.92 Å². The van der Waals surface area contributed by atoms with Gasteiger partial charge >= 0.3 is 0 Å². The van der Waals surface area contributed by atoms with E-state index in [1.165, 1.54) is 16.8 Å². The Bertz CT molecular complexity index is 599. The van der Waals surface area contributed by atoms with Crippen molar-refractivity contribution in [2.75, 3.05) is 13.2 Å². The van der Waals surface area contributed by atoms with Crippen LogP contribution in [0.15, 0.2) is 36.7 Å². The van der Waals surface area contributed by atoms with Crippen LogP contribution >= 0.6 is 0 Å². The topological polar surface area (TPSA) is 67.2 Å². The van der Waals surface area contributed by atoms with E-state index in [0.717, 1.165) is 0 Å². The molecule has 0 saturated heterocycles. The first-order chi connectivity index (χ1) is 10.1. The molecule has 21 heavy (non-hydrogen) atoms. The number of halogens is 1. The van der Waals surface area contributed by atoms with Crippen molar-refractivity contribution >= 4 is 5.91 Å². The molecule has 1 amide bonds. The fourth-order valence-corrected chi connectivity index (χ4v) is 1.94. The molecule has 0 spiro atoms. The number of amides is 1. The van der Waals surface area contributed by atoms with Gasteiger partial charge in [0.05, 0.1) is 0 Å². The lowest BCUT2D eigenvalue weighted by molar-refractivity contribution is 0.0945. The Morgan fingerprint density at radius 1 is 1.52 bits per heavy atom. The van der Waals surface area contributed by atoms with Crippen molar-refractivity contribution < 1.29 is 14.3 Å². The summed E-state index contributed by atoms with van der Waals surface area (Å²) in [5.41, 5.74) is 0.560. The van der Waals surface area contributed by atoms with Gasteiger partial charge in [-0.15, -0.1) is 0 Å². The van der Waals surface area contributed by atoms with Gasteiger partial charge in [-0.05, 0) is 36.6 Å². The minimum Gasteiger partial charge on any atom is -0.396 e. The van der Waals surface area contributed by atoms with Gasteiger partial charge in [-0.25, -0.2) is 9.07 Å². The Morgan fingerprint density at radius 2 is 2.33 bits per heavy atom. The Hall–Kier alpha value is -2.21. The van der Waals surface area contributed by atoms with Crippen molar-refractivity contribution in [1.29, 1.82) is 0 Å². The van der Waals surface area contributed by atoms with Crippen molar-refractivity contribution in [3.8, 4) is 5.69 Å². The number of hydrogen-bond donors (Lipinski definition) is 2. The standard InChI is InChI=1S/C15H18FN3O2/c1-11(5-8-20)10-17-15(21)12-3-4-14(13(16)9-12)19-7-2-6-18-19/h2-4,6-7,9,11,20H,5,8,10H2,1H3,(H,17,21). The molecule has 0 bridgehead atoms.